The van der Waals surface area contributed by atoms with Crippen LogP contribution in [0.1, 0.15) is 18.9 Å². The number of hydrogen-bond donors (Lipinski definition) is 1. The van der Waals surface area contributed by atoms with Crippen LogP contribution in [0.2, 0.25) is 0 Å². The molecular weight excluding hydrogens is 218 g/mol. The van der Waals surface area contributed by atoms with Crippen molar-refractivity contribution >= 4 is 0 Å². The second-order valence-electron chi connectivity index (χ2n) is 3.70. The molecule has 0 saturated heterocycles. The van der Waals surface area contributed by atoms with Crippen molar-refractivity contribution in [3.8, 4) is 11.5 Å². The molecule has 1 rings (SSSR count). The molecule has 17 heavy (non-hydrogen) atoms. The molecular formula is C13H21NO3. The average Bonchev–Trinajstić information content (AvgIpc) is 2.37. The third kappa shape index (κ3) is 4.63. The van der Waals surface area contributed by atoms with E-state index in [9.17, 15) is 0 Å². The maximum Gasteiger partial charge on any atom is 0.188 e. The Bertz CT molecular complexity index is 328. The molecule has 0 aliphatic rings. The monoisotopic (exact) mass is 239 g/mol. The number of ether oxygens (including phenoxy) is 3. The Hall–Kier alpha value is -1.26. The summed E-state index contributed by atoms with van der Waals surface area (Å²) in [6, 6.07) is 5.77. The van der Waals surface area contributed by atoms with E-state index in [1.807, 2.05) is 18.2 Å². The summed E-state index contributed by atoms with van der Waals surface area (Å²) >= 11 is 0. The smallest absolute Gasteiger partial charge is 0.188 e. The fourth-order valence-electron chi connectivity index (χ4n) is 1.48. The topological polar surface area (TPSA) is 39.7 Å². The van der Waals surface area contributed by atoms with E-state index in [1.54, 1.807) is 14.2 Å². The van der Waals surface area contributed by atoms with E-state index < -0.39 is 0 Å². The second kappa shape index (κ2) is 7.92. The highest BCUT2D eigenvalue weighted by Gasteiger charge is 2.05. The van der Waals surface area contributed by atoms with Gasteiger partial charge in [0.15, 0.2) is 6.79 Å². The molecule has 0 amide bonds. The molecule has 1 N–H and O–H groups in total. The zero-order valence-electron chi connectivity index (χ0n) is 10.8. The molecule has 1 aromatic rings. The van der Waals surface area contributed by atoms with Gasteiger partial charge in [-0.1, -0.05) is 6.92 Å². The van der Waals surface area contributed by atoms with Crippen LogP contribution >= 0.6 is 0 Å². The maximum absolute atomic E-state index is 5.50. The van der Waals surface area contributed by atoms with Gasteiger partial charge in [0.05, 0.1) is 7.11 Å². The minimum absolute atomic E-state index is 0.257. The minimum Gasteiger partial charge on any atom is -0.497 e. The van der Waals surface area contributed by atoms with Crippen LogP contribution in [-0.4, -0.2) is 27.6 Å². The molecule has 0 atom stereocenters. The van der Waals surface area contributed by atoms with E-state index in [2.05, 4.69) is 12.2 Å². The van der Waals surface area contributed by atoms with Gasteiger partial charge in [0.2, 0.25) is 0 Å². The van der Waals surface area contributed by atoms with Crippen molar-refractivity contribution in [2.24, 2.45) is 0 Å². The van der Waals surface area contributed by atoms with Crippen molar-refractivity contribution in [2.75, 3.05) is 27.6 Å². The zero-order chi connectivity index (χ0) is 12.5. The summed E-state index contributed by atoms with van der Waals surface area (Å²) in [6.45, 7) is 4.15. The summed E-state index contributed by atoms with van der Waals surface area (Å²) in [5.74, 6) is 1.67. The Morgan fingerprint density at radius 1 is 1.24 bits per heavy atom. The molecule has 0 fully saturated rings. The Balaban J connectivity index is 2.71. The van der Waals surface area contributed by atoms with Crippen LogP contribution in [0, 0.1) is 0 Å². The van der Waals surface area contributed by atoms with Crippen molar-refractivity contribution in [1.82, 2.24) is 5.32 Å². The van der Waals surface area contributed by atoms with Crippen molar-refractivity contribution < 1.29 is 14.2 Å². The number of hydrogen-bond acceptors (Lipinski definition) is 4. The SMILES string of the molecule is CCCNCc1cc(OC)ccc1OCOC. The van der Waals surface area contributed by atoms with Gasteiger partial charge in [-0.05, 0) is 31.2 Å². The minimum atomic E-state index is 0.257. The third-order valence-corrected chi connectivity index (χ3v) is 2.34. The Morgan fingerprint density at radius 3 is 2.71 bits per heavy atom. The van der Waals surface area contributed by atoms with Gasteiger partial charge in [0.1, 0.15) is 11.5 Å². The van der Waals surface area contributed by atoms with E-state index in [0.717, 1.165) is 36.6 Å². The van der Waals surface area contributed by atoms with E-state index in [4.69, 9.17) is 14.2 Å². The first kappa shape index (κ1) is 13.8. The van der Waals surface area contributed by atoms with Gasteiger partial charge in [-0.2, -0.15) is 0 Å². The first-order valence-corrected chi connectivity index (χ1v) is 5.81. The summed E-state index contributed by atoms with van der Waals surface area (Å²) in [5, 5.41) is 3.34. The fourth-order valence-corrected chi connectivity index (χ4v) is 1.48. The quantitative estimate of drug-likeness (QED) is 0.557. The van der Waals surface area contributed by atoms with Gasteiger partial charge in [-0.15, -0.1) is 0 Å². The fraction of sp³-hybridized carbons (Fsp3) is 0.538. The van der Waals surface area contributed by atoms with E-state index >= 15 is 0 Å². The lowest BCUT2D eigenvalue weighted by Crippen LogP contribution is -2.15. The standard InChI is InChI=1S/C13H21NO3/c1-4-7-14-9-11-8-12(16-3)5-6-13(11)17-10-15-2/h5-6,8,14H,4,7,9-10H2,1-3H3. The van der Waals surface area contributed by atoms with E-state index in [1.165, 1.54) is 0 Å². The van der Waals surface area contributed by atoms with Gasteiger partial charge in [-0.3, -0.25) is 0 Å². The summed E-state index contributed by atoms with van der Waals surface area (Å²) in [5.41, 5.74) is 1.08. The number of methoxy groups -OCH3 is 2. The molecule has 4 heteroatoms. The van der Waals surface area contributed by atoms with Crippen molar-refractivity contribution in [3.63, 3.8) is 0 Å². The molecule has 0 aromatic heterocycles. The van der Waals surface area contributed by atoms with Crippen LogP contribution in [0.25, 0.3) is 0 Å². The van der Waals surface area contributed by atoms with Crippen LogP contribution < -0.4 is 14.8 Å². The van der Waals surface area contributed by atoms with Crippen molar-refractivity contribution in [1.29, 1.82) is 0 Å². The first-order chi connectivity index (χ1) is 8.31. The largest absolute Gasteiger partial charge is 0.497 e. The average molecular weight is 239 g/mol. The Labute approximate surface area is 103 Å². The van der Waals surface area contributed by atoms with Crippen LogP contribution in [0.15, 0.2) is 18.2 Å². The molecule has 4 nitrogen and oxygen atoms in total. The third-order valence-electron chi connectivity index (χ3n) is 2.34. The van der Waals surface area contributed by atoms with Crippen molar-refractivity contribution in [3.05, 3.63) is 23.8 Å². The summed E-state index contributed by atoms with van der Waals surface area (Å²) in [4.78, 5) is 0. The van der Waals surface area contributed by atoms with Gasteiger partial charge in [0, 0.05) is 19.2 Å². The molecule has 1 aromatic carbocycles. The molecule has 0 saturated carbocycles. The first-order valence-electron chi connectivity index (χ1n) is 5.81. The van der Waals surface area contributed by atoms with E-state index in [0.29, 0.717) is 0 Å². The molecule has 0 radical (unpaired) electrons. The molecule has 0 spiro atoms. The lowest BCUT2D eigenvalue weighted by atomic mass is 10.2. The van der Waals surface area contributed by atoms with Crippen LogP contribution in [-0.2, 0) is 11.3 Å². The lowest BCUT2D eigenvalue weighted by molar-refractivity contribution is 0.0503. The van der Waals surface area contributed by atoms with Gasteiger partial charge < -0.3 is 19.5 Å². The number of rotatable bonds is 8. The molecule has 96 valence electrons. The number of nitrogens with one attached hydrogen (secondary N) is 1. The maximum atomic E-state index is 5.50. The number of benzene rings is 1. The Kier molecular flexibility index (Phi) is 6.43. The van der Waals surface area contributed by atoms with Crippen molar-refractivity contribution in [2.45, 2.75) is 19.9 Å². The van der Waals surface area contributed by atoms with E-state index in [-0.39, 0.29) is 6.79 Å². The highest BCUT2D eigenvalue weighted by Crippen LogP contribution is 2.24. The van der Waals surface area contributed by atoms with Crippen LogP contribution in [0.4, 0.5) is 0 Å². The highest BCUT2D eigenvalue weighted by atomic mass is 16.7. The molecule has 0 heterocycles. The molecule has 0 unspecified atom stereocenters. The predicted octanol–water partition coefficient (Wildman–Crippen LogP) is 2.18. The summed E-state index contributed by atoms with van der Waals surface area (Å²) in [7, 11) is 3.27. The molecule has 0 aliphatic heterocycles. The van der Waals surface area contributed by atoms with Crippen LogP contribution in [0.3, 0.4) is 0 Å². The second-order valence-corrected chi connectivity index (χ2v) is 3.70. The normalized spacial score (nSPS) is 10.3. The zero-order valence-corrected chi connectivity index (χ0v) is 10.8. The van der Waals surface area contributed by atoms with Gasteiger partial charge >= 0.3 is 0 Å². The van der Waals surface area contributed by atoms with Crippen LogP contribution in [0.5, 0.6) is 11.5 Å². The lowest BCUT2D eigenvalue weighted by Gasteiger charge is -2.12. The molecule has 0 aliphatic carbocycles. The Morgan fingerprint density at radius 2 is 2.06 bits per heavy atom. The van der Waals surface area contributed by atoms with Gasteiger partial charge in [-0.25, -0.2) is 0 Å². The summed E-state index contributed by atoms with van der Waals surface area (Å²) in [6.07, 6.45) is 1.11. The summed E-state index contributed by atoms with van der Waals surface area (Å²) < 4.78 is 15.6. The highest BCUT2D eigenvalue weighted by molar-refractivity contribution is 5.40. The van der Waals surface area contributed by atoms with Gasteiger partial charge in [0.25, 0.3) is 0 Å². The molecule has 0 bridgehead atoms. The predicted molar refractivity (Wildman–Crippen MR) is 67.5 cm³/mol.